The lowest BCUT2D eigenvalue weighted by Crippen LogP contribution is -2.21. The van der Waals surface area contributed by atoms with Crippen LogP contribution < -0.4 is 5.11 Å². The molecule has 1 heterocycles. The Morgan fingerprint density at radius 3 is 2.12 bits per heavy atom. The number of aromatic nitrogens is 2. The Kier molecular flexibility index (Phi) is 4.44. The van der Waals surface area contributed by atoms with Crippen LogP contribution in [-0.2, 0) is 0 Å². The van der Waals surface area contributed by atoms with Crippen LogP contribution in [0, 0.1) is 17.4 Å². The van der Waals surface area contributed by atoms with Gasteiger partial charge in [0.05, 0.1) is 0 Å². The van der Waals surface area contributed by atoms with Crippen molar-refractivity contribution in [2.75, 3.05) is 0 Å². The Balaban J connectivity index is 2.84. The summed E-state index contributed by atoms with van der Waals surface area (Å²) in [6, 6.07) is 0. The molecular formula is C13H19N2OSi-. The minimum absolute atomic E-state index is 0.0533. The summed E-state index contributed by atoms with van der Waals surface area (Å²) in [7, 11) is -1.40. The van der Waals surface area contributed by atoms with Crippen LogP contribution in [0.25, 0.3) is 0 Å². The van der Waals surface area contributed by atoms with Gasteiger partial charge in [-0.1, -0.05) is 45.5 Å². The van der Waals surface area contributed by atoms with E-state index in [4.69, 9.17) is 0 Å². The molecule has 1 atom stereocenters. The SMILES string of the molecule is CC(C)C([O-])c1cnc(C#C[Si](C)(C)C)nc1. The van der Waals surface area contributed by atoms with Crippen LogP contribution in [0.3, 0.4) is 0 Å². The zero-order chi connectivity index (χ0) is 13.1. The van der Waals surface area contributed by atoms with Crippen molar-refractivity contribution >= 4 is 8.07 Å². The van der Waals surface area contributed by atoms with Gasteiger partial charge >= 0.3 is 0 Å². The molecule has 0 aliphatic carbocycles. The monoisotopic (exact) mass is 247 g/mol. The van der Waals surface area contributed by atoms with Gasteiger partial charge in [0.25, 0.3) is 0 Å². The second-order valence-electron chi connectivity index (χ2n) is 5.50. The van der Waals surface area contributed by atoms with Crippen LogP contribution in [-0.4, -0.2) is 18.0 Å². The topological polar surface area (TPSA) is 48.8 Å². The summed E-state index contributed by atoms with van der Waals surface area (Å²) >= 11 is 0. The zero-order valence-electron chi connectivity index (χ0n) is 11.1. The van der Waals surface area contributed by atoms with E-state index in [1.165, 1.54) is 0 Å². The van der Waals surface area contributed by atoms with E-state index in [2.05, 4.69) is 41.1 Å². The minimum Gasteiger partial charge on any atom is -0.848 e. The van der Waals surface area contributed by atoms with Crippen LogP contribution >= 0.6 is 0 Å². The highest BCUT2D eigenvalue weighted by Crippen LogP contribution is 2.16. The fourth-order valence-corrected chi connectivity index (χ4v) is 1.66. The van der Waals surface area contributed by atoms with Crippen LogP contribution in [0.4, 0.5) is 0 Å². The predicted octanol–water partition coefficient (Wildman–Crippen LogP) is 1.76. The largest absolute Gasteiger partial charge is 0.848 e. The van der Waals surface area contributed by atoms with Crippen molar-refractivity contribution in [3.8, 4) is 11.5 Å². The summed E-state index contributed by atoms with van der Waals surface area (Å²) in [4.78, 5) is 8.25. The molecule has 0 bridgehead atoms. The second kappa shape index (κ2) is 5.43. The molecule has 3 nitrogen and oxygen atoms in total. The van der Waals surface area contributed by atoms with Gasteiger partial charge in [-0.3, -0.25) is 0 Å². The fraction of sp³-hybridized carbons (Fsp3) is 0.538. The molecule has 1 aromatic heterocycles. The van der Waals surface area contributed by atoms with Gasteiger partial charge in [-0.05, 0) is 11.5 Å². The average Bonchev–Trinajstić information content (AvgIpc) is 2.25. The second-order valence-corrected chi connectivity index (χ2v) is 10.3. The fourth-order valence-electron chi connectivity index (χ4n) is 1.18. The molecule has 0 spiro atoms. The molecule has 0 N–H and O–H groups in total. The lowest BCUT2D eigenvalue weighted by atomic mass is 10.0. The van der Waals surface area contributed by atoms with Crippen LogP contribution in [0.15, 0.2) is 12.4 Å². The highest BCUT2D eigenvalue weighted by Gasteiger charge is 2.08. The van der Waals surface area contributed by atoms with Gasteiger partial charge in [-0.15, -0.1) is 5.54 Å². The lowest BCUT2D eigenvalue weighted by Gasteiger charge is -2.25. The summed E-state index contributed by atoms with van der Waals surface area (Å²) in [6.07, 6.45) is 2.44. The standard InChI is InChI=1S/C13H19N2OSi/c1-10(2)13(16)11-8-14-12(15-9-11)6-7-17(3,4)5/h8-10,13H,1-5H3/q-1. The molecule has 0 aliphatic rings. The summed E-state index contributed by atoms with van der Waals surface area (Å²) in [6.45, 7) is 10.3. The summed E-state index contributed by atoms with van der Waals surface area (Å²) in [5.41, 5.74) is 3.83. The van der Waals surface area contributed by atoms with Gasteiger partial charge in [0.2, 0.25) is 5.82 Å². The first-order valence-electron chi connectivity index (χ1n) is 5.80. The highest BCUT2D eigenvalue weighted by molar-refractivity contribution is 6.83. The third-order valence-corrected chi connectivity index (χ3v) is 3.03. The Hall–Kier alpha value is -1.18. The molecule has 1 aromatic rings. The van der Waals surface area contributed by atoms with Crippen LogP contribution in [0.2, 0.25) is 19.6 Å². The molecule has 1 unspecified atom stereocenters. The molecule has 0 amide bonds. The highest BCUT2D eigenvalue weighted by atomic mass is 28.3. The normalized spacial score (nSPS) is 13.1. The van der Waals surface area contributed by atoms with Gasteiger partial charge in [-0.25, -0.2) is 9.97 Å². The first kappa shape index (κ1) is 13.9. The van der Waals surface area contributed by atoms with E-state index < -0.39 is 14.2 Å². The quantitative estimate of drug-likeness (QED) is 0.591. The molecule has 0 aromatic carbocycles. The Morgan fingerprint density at radius 2 is 1.71 bits per heavy atom. The van der Waals surface area contributed by atoms with Crippen LogP contribution in [0.1, 0.15) is 31.3 Å². The molecule has 1 rings (SSSR count). The van der Waals surface area contributed by atoms with Gasteiger partial charge in [-0.2, -0.15) is 0 Å². The predicted molar refractivity (Wildman–Crippen MR) is 69.8 cm³/mol. The summed E-state index contributed by atoms with van der Waals surface area (Å²) in [5.74, 6) is 3.53. The van der Waals surface area contributed by atoms with Gasteiger partial charge in [0.1, 0.15) is 8.07 Å². The molecule has 92 valence electrons. The van der Waals surface area contributed by atoms with Crippen molar-refractivity contribution < 1.29 is 5.11 Å². The first-order chi connectivity index (χ1) is 7.79. The maximum atomic E-state index is 11.7. The molecule has 0 aliphatic heterocycles. The third kappa shape index (κ3) is 4.68. The maximum absolute atomic E-state index is 11.7. The molecule has 0 saturated carbocycles. The summed E-state index contributed by atoms with van der Waals surface area (Å²) < 4.78 is 0. The third-order valence-electron chi connectivity index (χ3n) is 2.16. The Bertz CT molecular complexity index is 423. The molecule has 0 fully saturated rings. The van der Waals surface area contributed by atoms with Crippen molar-refractivity contribution in [3.63, 3.8) is 0 Å². The Labute approximate surface area is 104 Å². The number of hydrogen-bond donors (Lipinski definition) is 0. The van der Waals surface area contributed by atoms with E-state index in [0.717, 1.165) is 0 Å². The molecule has 0 saturated heterocycles. The molecule has 17 heavy (non-hydrogen) atoms. The Morgan fingerprint density at radius 1 is 1.18 bits per heavy atom. The van der Waals surface area contributed by atoms with E-state index >= 15 is 0 Å². The summed E-state index contributed by atoms with van der Waals surface area (Å²) in [5, 5.41) is 11.7. The molecule has 0 radical (unpaired) electrons. The van der Waals surface area contributed by atoms with E-state index in [1.807, 2.05) is 13.8 Å². The van der Waals surface area contributed by atoms with Crippen molar-refractivity contribution in [2.24, 2.45) is 5.92 Å². The average molecular weight is 247 g/mol. The van der Waals surface area contributed by atoms with Gasteiger partial charge in [0, 0.05) is 12.4 Å². The van der Waals surface area contributed by atoms with E-state index in [-0.39, 0.29) is 5.92 Å². The van der Waals surface area contributed by atoms with Crippen LogP contribution in [0.5, 0.6) is 0 Å². The lowest BCUT2D eigenvalue weighted by molar-refractivity contribution is -0.438. The molecule has 4 heteroatoms. The smallest absolute Gasteiger partial charge is 0.204 e. The first-order valence-corrected chi connectivity index (χ1v) is 9.30. The van der Waals surface area contributed by atoms with Crippen molar-refractivity contribution in [2.45, 2.75) is 39.6 Å². The van der Waals surface area contributed by atoms with Gasteiger partial charge < -0.3 is 5.11 Å². The van der Waals surface area contributed by atoms with E-state index in [0.29, 0.717) is 11.4 Å². The zero-order valence-corrected chi connectivity index (χ0v) is 12.1. The molecular weight excluding hydrogens is 228 g/mol. The van der Waals surface area contributed by atoms with E-state index in [1.54, 1.807) is 12.4 Å². The minimum atomic E-state index is -1.40. The van der Waals surface area contributed by atoms with E-state index in [9.17, 15) is 5.11 Å². The van der Waals surface area contributed by atoms with Crippen molar-refractivity contribution in [3.05, 3.63) is 23.8 Å². The maximum Gasteiger partial charge on any atom is 0.204 e. The number of nitrogens with zero attached hydrogens (tertiary/aromatic N) is 2. The number of hydrogen-bond acceptors (Lipinski definition) is 3. The number of rotatable bonds is 2. The van der Waals surface area contributed by atoms with Gasteiger partial charge in [0.15, 0.2) is 0 Å². The van der Waals surface area contributed by atoms with Crippen molar-refractivity contribution in [1.29, 1.82) is 0 Å². The van der Waals surface area contributed by atoms with Crippen molar-refractivity contribution in [1.82, 2.24) is 9.97 Å².